The SMILES string of the molecule is CCOc1cc(C#Cc2cc(F)cc(F)c2)cc2c1OCC(=O)NC1CCC(CC1)CC(=O)N[C@@H](c1ccccc1)C(=O)N[C@H](Cc1ccccc1)C(=O)NCCc1ccc(cc1)OC2. The highest BCUT2D eigenvalue weighted by Crippen LogP contribution is 2.35. The fourth-order valence-corrected chi connectivity index (χ4v) is 8.06. The average molecular weight is 883 g/mol. The Bertz CT molecular complexity index is 2480. The van der Waals surface area contributed by atoms with E-state index in [2.05, 4.69) is 33.1 Å². The van der Waals surface area contributed by atoms with Crippen LogP contribution in [0.25, 0.3) is 0 Å². The van der Waals surface area contributed by atoms with E-state index >= 15 is 0 Å². The topological polar surface area (TPSA) is 144 Å². The van der Waals surface area contributed by atoms with Crippen LogP contribution < -0.4 is 35.5 Å². The Labute approximate surface area is 377 Å². The van der Waals surface area contributed by atoms with Crippen LogP contribution in [-0.2, 0) is 38.6 Å². The molecule has 0 saturated heterocycles. The summed E-state index contributed by atoms with van der Waals surface area (Å²) in [6.07, 6.45) is 3.57. The molecule has 5 aromatic rings. The summed E-state index contributed by atoms with van der Waals surface area (Å²) in [6, 6.07) is 30.1. The summed E-state index contributed by atoms with van der Waals surface area (Å²) in [5.41, 5.74) is 3.51. The molecule has 0 unspecified atom stereocenters. The Morgan fingerprint density at radius 2 is 1.37 bits per heavy atom. The molecule has 336 valence electrons. The first-order valence-electron chi connectivity index (χ1n) is 22.0. The largest absolute Gasteiger partial charge is 0.490 e. The van der Waals surface area contributed by atoms with E-state index in [0.717, 1.165) is 29.3 Å². The Hall–Kier alpha value is -7.20. The molecule has 1 aliphatic carbocycles. The summed E-state index contributed by atoms with van der Waals surface area (Å²) >= 11 is 0. The van der Waals surface area contributed by atoms with E-state index in [-0.39, 0.29) is 80.2 Å². The zero-order chi connectivity index (χ0) is 45.5. The van der Waals surface area contributed by atoms with Crippen molar-refractivity contribution in [2.24, 2.45) is 5.92 Å². The van der Waals surface area contributed by atoms with Gasteiger partial charge in [0.25, 0.3) is 5.91 Å². The molecule has 0 spiro atoms. The van der Waals surface area contributed by atoms with Gasteiger partial charge in [0.05, 0.1) is 6.61 Å². The number of nitrogens with one attached hydrogen (secondary N) is 4. The number of hydrogen-bond donors (Lipinski definition) is 4. The number of halogens is 2. The van der Waals surface area contributed by atoms with Gasteiger partial charge in [0.1, 0.15) is 36.1 Å². The maximum atomic E-state index is 14.1. The molecule has 5 aromatic carbocycles. The third-order valence-corrected chi connectivity index (χ3v) is 11.3. The minimum Gasteiger partial charge on any atom is -0.490 e. The number of hydrogen-bond acceptors (Lipinski definition) is 7. The minimum atomic E-state index is -1.03. The molecular weight excluding hydrogens is 831 g/mol. The molecule has 0 aromatic heterocycles. The van der Waals surface area contributed by atoms with Gasteiger partial charge in [-0.25, -0.2) is 8.78 Å². The van der Waals surface area contributed by atoms with Crippen molar-refractivity contribution in [2.45, 2.75) is 76.6 Å². The summed E-state index contributed by atoms with van der Waals surface area (Å²) in [6.45, 7) is 2.04. The molecule has 4 bridgehead atoms. The van der Waals surface area contributed by atoms with Crippen molar-refractivity contribution in [3.63, 3.8) is 0 Å². The fourth-order valence-electron chi connectivity index (χ4n) is 8.06. The number of ether oxygens (including phenoxy) is 3. The summed E-state index contributed by atoms with van der Waals surface area (Å²) in [7, 11) is 0. The van der Waals surface area contributed by atoms with Gasteiger partial charge in [0, 0.05) is 48.2 Å². The molecule has 2 atom stereocenters. The standard InChI is InChI=1S/C52H52F2N4O7/c1-2-63-46-29-37(13-14-38-26-41(53)31-42(54)27-38)25-40-32-64-44-21-17-34(18-22-44)23-24-55-51(61)45(28-35-9-5-3-6-10-35)57-52(62)49(39-11-7-4-8-12-39)58-47(59)30-36-15-19-43(20-16-36)56-48(60)33-65-50(40)46/h3-12,17-18,21-22,25-27,29,31,36,43,45,49H,2,15-16,19-20,23-24,28,30,32-33H2,1H3,(H,55,61)(H,56,60)(H,57,62)(H,58,59)/t36?,43?,45-,49+/m1/s1. The van der Waals surface area contributed by atoms with E-state index < -0.39 is 29.6 Å². The van der Waals surface area contributed by atoms with Gasteiger partial charge in [-0.2, -0.15) is 0 Å². The van der Waals surface area contributed by atoms with E-state index in [0.29, 0.717) is 60.3 Å². The highest BCUT2D eigenvalue weighted by molar-refractivity contribution is 5.93. The fraction of sp³-hybridized carbons (Fsp3) is 0.308. The van der Waals surface area contributed by atoms with Crippen molar-refractivity contribution in [1.29, 1.82) is 0 Å². The summed E-state index contributed by atoms with van der Waals surface area (Å²) in [5, 5.41) is 12.0. The van der Waals surface area contributed by atoms with E-state index in [4.69, 9.17) is 14.2 Å². The quantitative estimate of drug-likeness (QED) is 0.139. The Morgan fingerprint density at radius 1 is 0.692 bits per heavy atom. The van der Waals surface area contributed by atoms with Crippen LogP contribution in [0.3, 0.4) is 0 Å². The third kappa shape index (κ3) is 13.4. The Morgan fingerprint density at radius 3 is 2.06 bits per heavy atom. The molecule has 10 rings (SSSR count). The molecule has 1 fully saturated rings. The van der Waals surface area contributed by atoms with E-state index in [1.807, 2.05) is 55.5 Å². The first-order chi connectivity index (χ1) is 31.6. The lowest BCUT2D eigenvalue weighted by atomic mass is 9.84. The smallest absolute Gasteiger partial charge is 0.258 e. The molecule has 0 radical (unpaired) electrons. The van der Waals surface area contributed by atoms with Gasteiger partial charge in [-0.05, 0) is 98.0 Å². The predicted octanol–water partition coefficient (Wildman–Crippen LogP) is 7.04. The molecule has 1 saturated carbocycles. The second-order valence-electron chi connectivity index (χ2n) is 16.2. The minimum absolute atomic E-state index is 0.00616. The van der Waals surface area contributed by atoms with Crippen molar-refractivity contribution >= 4 is 23.6 Å². The van der Waals surface area contributed by atoms with Crippen LogP contribution in [0.4, 0.5) is 8.78 Å². The molecule has 4 amide bonds. The number of rotatable bonds is 5. The third-order valence-electron chi connectivity index (χ3n) is 11.3. The van der Waals surface area contributed by atoms with Crippen LogP contribution in [0.5, 0.6) is 17.2 Å². The highest BCUT2D eigenvalue weighted by atomic mass is 19.1. The van der Waals surface area contributed by atoms with E-state index in [9.17, 15) is 28.0 Å². The number of benzene rings is 5. The molecule has 4 aliphatic heterocycles. The van der Waals surface area contributed by atoms with Crippen molar-refractivity contribution in [2.75, 3.05) is 19.8 Å². The van der Waals surface area contributed by atoms with Gasteiger partial charge >= 0.3 is 0 Å². The monoisotopic (exact) mass is 882 g/mol. The summed E-state index contributed by atoms with van der Waals surface area (Å²) in [5.74, 6) is 3.98. The van der Waals surface area contributed by atoms with Gasteiger partial charge in [-0.3, -0.25) is 19.2 Å². The highest BCUT2D eigenvalue weighted by Gasteiger charge is 2.30. The number of amides is 4. The van der Waals surface area contributed by atoms with Crippen molar-refractivity contribution < 1.29 is 42.2 Å². The maximum Gasteiger partial charge on any atom is 0.258 e. The van der Waals surface area contributed by atoms with Crippen LogP contribution in [0.1, 0.15) is 78.5 Å². The molecule has 65 heavy (non-hydrogen) atoms. The zero-order valence-electron chi connectivity index (χ0n) is 36.2. The number of carbonyl (C=O) groups is 4. The second-order valence-corrected chi connectivity index (χ2v) is 16.2. The molecule has 11 nitrogen and oxygen atoms in total. The van der Waals surface area contributed by atoms with Crippen LogP contribution in [0.15, 0.2) is 115 Å². The average Bonchev–Trinajstić information content (AvgIpc) is 3.30. The van der Waals surface area contributed by atoms with Crippen LogP contribution in [0, 0.1) is 29.4 Å². The van der Waals surface area contributed by atoms with Crippen LogP contribution in [0.2, 0.25) is 0 Å². The summed E-state index contributed by atoms with van der Waals surface area (Å²) < 4.78 is 46.2. The summed E-state index contributed by atoms with van der Waals surface area (Å²) in [4.78, 5) is 54.9. The molecule has 4 heterocycles. The van der Waals surface area contributed by atoms with Crippen molar-refractivity contribution in [3.05, 3.63) is 160 Å². The Balaban J connectivity index is 1.14. The second kappa shape index (κ2) is 22.4. The lowest BCUT2D eigenvalue weighted by Crippen LogP contribution is -2.52. The first-order valence-corrected chi connectivity index (χ1v) is 22.0. The normalized spacial score (nSPS) is 19.9. The molecule has 13 heteroatoms. The van der Waals surface area contributed by atoms with E-state index in [1.54, 1.807) is 48.5 Å². The van der Waals surface area contributed by atoms with Gasteiger partial charge in [-0.1, -0.05) is 84.6 Å². The van der Waals surface area contributed by atoms with Crippen molar-refractivity contribution in [1.82, 2.24) is 21.3 Å². The van der Waals surface area contributed by atoms with Crippen molar-refractivity contribution in [3.8, 4) is 29.1 Å². The molecular formula is C52H52F2N4O7. The van der Waals surface area contributed by atoms with Crippen LogP contribution >= 0.6 is 0 Å². The zero-order valence-corrected chi connectivity index (χ0v) is 36.2. The maximum absolute atomic E-state index is 14.1. The lowest BCUT2D eigenvalue weighted by Gasteiger charge is -2.29. The predicted molar refractivity (Wildman–Crippen MR) is 241 cm³/mol. The van der Waals surface area contributed by atoms with Gasteiger partial charge < -0.3 is 35.5 Å². The van der Waals surface area contributed by atoms with Gasteiger partial charge in [-0.15, -0.1) is 0 Å². The van der Waals surface area contributed by atoms with Crippen LogP contribution in [-0.4, -0.2) is 55.5 Å². The lowest BCUT2D eigenvalue weighted by molar-refractivity contribution is -0.132. The number of carbonyl (C=O) groups excluding carboxylic acids is 4. The molecule has 5 aliphatic rings. The Kier molecular flexibility index (Phi) is 15.8. The van der Waals surface area contributed by atoms with Gasteiger partial charge in [0.15, 0.2) is 18.1 Å². The first kappa shape index (κ1) is 45.8. The molecule has 4 N–H and O–H groups in total. The van der Waals surface area contributed by atoms with E-state index in [1.165, 1.54) is 0 Å². The van der Waals surface area contributed by atoms with Gasteiger partial charge in [0.2, 0.25) is 17.7 Å².